The largest absolute Gasteiger partial charge is 0.515 e. The summed E-state index contributed by atoms with van der Waals surface area (Å²) in [6, 6.07) is 0. The number of ketones is 1. The number of aliphatic hydroxyl groups excluding tert-OH is 1. The Bertz CT molecular complexity index is 592. The molecule has 0 aromatic carbocycles. The van der Waals surface area contributed by atoms with Crippen LogP contribution in [-0.2, 0) is 4.79 Å². The highest BCUT2D eigenvalue weighted by molar-refractivity contribution is 5.96. The predicted molar refractivity (Wildman–Crippen MR) is 93.5 cm³/mol. The zero-order valence-electron chi connectivity index (χ0n) is 15.3. The van der Waals surface area contributed by atoms with Crippen LogP contribution in [0, 0.1) is 34.5 Å². The molecule has 0 bridgehead atoms. The van der Waals surface area contributed by atoms with Crippen molar-refractivity contribution in [1.82, 2.24) is 0 Å². The first-order valence-electron chi connectivity index (χ1n) is 9.82. The molecular formula is C21H32O3. The van der Waals surface area contributed by atoms with E-state index >= 15 is 0 Å². The van der Waals surface area contributed by atoms with E-state index in [1.807, 2.05) is 6.92 Å². The van der Waals surface area contributed by atoms with Gasteiger partial charge in [0.15, 0.2) is 5.78 Å². The zero-order chi connectivity index (χ0) is 17.3. The number of carbonyl (C=O) groups excluding carboxylic acids is 1. The summed E-state index contributed by atoms with van der Waals surface area (Å²) in [5.74, 6) is 2.55. The molecule has 0 amide bonds. The summed E-state index contributed by atoms with van der Waals surface area (Å²) in [7, 11) is 0. The number of allylic oxidation sites excluding steroid dienone is 1. The molecule has 4 fully saturated rings. The van der Waals surface area contributed by atoms with Crippen LogP contribution in [0.5, 0.6) is 0 Å². The lowest BCUT2D eigenvalue weighted by molar-refractivity contribution is -0.147. The van der Waals surface area contributed by atoms with Crippen LogP contribution in [0.1, 0.15) is 72.1 Å². The minimum absolute atomic E-state index is 0.0531. The second-order valence-corrected chi connectivity index (χ2v) is 9.88. The van der Waals surface area contributed by atoms with Gasteiger partial charge in [0.25, 0.3) is 0 Å². The van der Waals surface area contributed by atoms with E-state index in [0.29, 0.717) is 35.7 Å². The van der Waals surface area contributed by atoms with E-state index in [2.05, 4.69) is 13.8 Å². The molecule has 0 radical (unpaired) electrons. The fourth-order valence-corrected chi connectivity index (χ4v) is 7.37. The van der Waals surface area contributed by atoms with Crippen molar-refractivity contribution in [1.29, 1.82) is 0 Å². The highest BCUT2D eigenvalue weighted by atomic mass is 16.3. The van der Waals surface area contributed by atoms with Crippen LogP contribution in [0.2, 0.25) is 0 Å². The maximum atomic E-state index is 12.2. The lowest BCUT2D eigenvalue weighted by Gasteiger charge is -2.61. The Labute approximate surface area is 145 Å². The van der Waals surface area contributed by atoms with Crippen LogP contribution in [-0.4, -0.2) is 21.6 Å². The first-order chi connectivity index (χ1) is 11.2. The van der Waals surface area contributed by atoms with Crippen LogP contribution >= 0.6 is 0 Å². The van der Waals surface area contributed by atoms with Crippen LogP contribution < -0.4 is 0 Å². The summed E-state index contributed by atoms with van der Waals surface area (Å²) >= 11 is 0. The van der Waals surface area contributed by atoms with E-state index in [0.717, 1.165) is 44.8 Å². The van der Waals surface area contributed by atoms with Gasteiger partial charge in [-0.1, -0.05) is 13.8 Å². The predicted octanol–water partition coefficient (Wildman–Crippen LogP) is 4.40. The molecule has 2 N–H and O–H groups in total. The molecule has 3 nitrogen and oxygen atoms in total. The van der Waals surface area contributed by atoms with E-state index in [-0.39, 0.29) is 16.6 Å². The molecule has 0 aliphatic heterocycles. The highest BCUT2D eigenvalue weighted by Gasteiger charge is 2.63. The zero-order valence-corrected chi connectivity index (χ0v) is 15.3. The Morgan fingerprint density at radius 1 is 1.04 bits per heavy atom. The first kappa shape index (κ1) is 16.6. The maximum Gasteiger partial charge on any atom is 0.162 e. The molecule has 5 unspecified atom stereocenters. The highest BCUT2D eigenvalue weighted by Crippen LogP contribution is 2.68. The summed E-state index contributed by atoms with van der Waals surface area (Å²) in [6.07, 6.45) is 9.11. The van der Waals surface area contributed by atoms with Gasteiger partial charge >= 0.3 is 0 Å². The quantitative estimate of drug-likeness (QED) is 0.510. The number of fused-ring (bicyclic) bond motifs is 5. The molecule has 24 heavy (non-hydrogen) atoms. The average molecular weight is 332 g/mol. The molecule has 134 valence electrons. The van der Waals surface area contributed by atoms with E-state index in [1.165, 1.54) is 6.42 Å². The molecular weight excluding hydrogens is 300 g/mol. The fraction of sp³-hybridized carbons (Fsp3) is 0.857. The first-order valence-corrected chi connectivity index (χ1v) is 9.82. The van der Waals surface area contributed by atoms with E-state index in [9.17, 15) is 15.0 Å². The standard InChI is InChI=1S/C21H32O3/c1-19-11-13(12-22)18(23)10-14(19)4-5-15-16(19)6-8-20(2)17(15)7-9-21(20,3)24/h12,14-17,22,24H,4-11H2,1-3H3/b13-12-/t14-,15?,16?,17?,19?,20?,21-/m0/s1. The number of hydrogen-bond acceptors (Lipinski definition) is 3. The second-order valence-electron chi connectivity index (χ2n) is 9.88. The van der Waals surface area contributed by atoms with Crippen molar-refractivity contribution in [3.05, 3.63) is 11.8 Å². The third-order valence-corrected chi connectivity index (χ3v) is 9.14. The lowest BCUT2D eigenvalue weighted by atomic mass is 9.44. The van der Waals surface area contributed by atoms with E-state index in [4.69, 9.17) is 0 Å². The lowest BCUT2D eigenvalue weighted by Crippen LogP contribution is -2.56. The second kappa shape index (κ2) is 5.09. The van der Waals surface area contributed by atoms with Gasteiger partial charge in [0.05, 0.1) is 11.9 Å². The van der Waals surface area contributed by atoms with Crippen molar-refractivity contribution >= 4 is 5.78 Å². The van der Waals surface area contributed by atoms with Crippen molar-refractivity contribution < 1.29 is 15.0 Å². The smallest absolute Gasteiger partial charge is 0.162 e. The summed E-state index contributed by atoms with van der Waals surface area (Å²) < 4.78 is 0. The van der Waals surface area contributed by atoms with Crippen molar-refractivity contribution in [2.75, 3.05) is 0 Å². The minimum atomic E-state index is -0.529. The summed E-state index contributed by atoms with van der Waals surface area (Å²) in [5.41, 5.74) is 0.304. The monoisotopic (exact) mass is 332 g/mol. The van der Waals surface area contributed by atoms with Crippen molar-refractivity contribution in [3.63, 3.8) is 0 Å². The third-order valence-electron chi connectivity index (χ3n) is 9.14. The van der Waals surface area contributed by atoms with Gasteiger partial charge in [-0.15, -0.1) is 0 Å². The Morgan fingerprint density at radius 2 is 1.75 bits per heavy atom. The molecule has 7 atom stereocenters. The Balaban J connectivity index is 1.67. The van der Waals surface area contributed by atoms with Crippen LogP contribution in [0.4, 0.5) is 0 Å². The number of carbonyl (C=O) groups is 1. The maximum absolute atomic E-state index is 12.2. The molecule has 4 saturated carbocycles. The van der Waals surface area contributed by atoms with Crippen molar-refractivity contribution in [3.8, 4) is 0 Å². The number of aliphatic hydroxyl groups is 2. The Hall–Kier alpha value is -0.830. The van der Waals surface area contributed by atoms with Gasteiger partial charge in [0, 0.05) is 12.0 Å². The number of rotatable bonds is 0. The molecule has 0 spiro atoms. The molecule has 0 heterocycles. The van der Waals surface area contributed by atoms with Crippen LogP contribution in [0.25, 0.3) is 0 Å². The van der Waals surface area contributed by atoms with Gasteiger partial charge in [-0.25, -0.2) is 0 Å². The van der Waals surface area contributed by atoms with Crippen molar-refractivity contribution in [2.45, 2.75) is 77.7 Å². The van der Waals surface area contributed by atoms with Gasteiger partial charge in [0.2, 0.25) is 0 Å². The molecule has 4 aliphatic carbocycles. The van der Waals surface area contributed by atoms with Crippen LogP contribution in [0.15, 0.2) is 11.8 Å². The summed E-state index contributed by atoms with van der Waals surface area (Å²) in [6.45, 7) is 6.74. The van der Waals surface area contributed by atoms with Crippen LogP contribution in [0.3, 0.4) is 0 Å². The number of Topliss-reactive ketones (excluding diaryl/α,β-unsaturated/α-hetero) is 1. The normalized spacial score (nSPS) is 55.8. The van der Waals surface area contributed by atoms with Gasteiger partial charge in [-0.2, -0.15) is 0 Å². The Kier molecular flexibility index (Phi) is 3.53. The van der Waals surface area contributed by atoms with Gasteiger partial charge in [-0.05, 0) is 86.4 Å². The SMILES string of the molecule is CC12C/C(=C/O)C(=O)C[C@@H]1CCC1C2CCC2(C)C1CC[C@]2(C)O. The Morgan fingerprint density at radius 3 is 2.46 bits per heavy atom. The fourth-order valence-electron chi connectivity index (χ4n) is 7.37. The van der Waals surface area contributed by atoms with E-state index < -0.39 is 5.60 Å². The molecule has 4 rings (SSSR count). The third kappa shape index (κ3) is 1.97. The van der Waals surface area contributed by atoms with Gasteiger partial charge in [-0.3, -0.25) is 4.79 Å². The topological polar surface area (TPSA) is 57.5 Å². The molecule has 0 aromatic rings. The average Bonchev–Trinajstić information content (AvgIpc) is 2.77. The van der Waals surface area contributed by atoms with Gasteiger partial charge < -0.3 is 10.2 Å². The number of hydrogen-bond donors (Lipinski definition) is 2. The summed E-state index contributed by atoms with van der Waals surface area (Å²) in [4.78, 5) is 12.2. The minimum Gasteiger partial charge on any atom is -0.515 e. The molecule has 4 aliphatic rings. The molecule has 0 aromatic heterocycles. The van der Waals surface area contributed by atoms with Gasteiger partial charge in [0.1, 0.15) is 0 Å². The van der Waals surface area contributed by atoms with E-state index in [1.54, 1.807) is 0 Å². The summed E-state index contributed by atoms with van der Waals surface area (Å²) in [5, 5.41) is 20.5. The molecule has 3 heteroatoms. The van der Waals surface area contributed by atoms with Crippen molar-refractivity contribution in [2.24, 2.45) is 34.5 Å². The molecule has 0 saturated heterocycles.